The molecule has 0 aromatic heterocycles. The summed E-state index contributed by atoms with van der Waals surface area (Å²) in [5.41, 5.74) is 1.82. The number of amides is 2. The van der Waals surface area contributed by atoms with Gasteiger partial charge in [0, 0.05) is 0 Å². The maximum Gasteiger partial charge on any atom is 0.270 e. The van der Waals surface area contributed by atoms with Crippen molar-refractivity contribution >= 4 is 40.9 Å². The third-order valence-electron chi connectivity index (χ3n) is 4.58. The molecule has 0 aliphatic carbocycles. The fraction of sp³-hybridized carbons (Fsp3) is 0.0417. The Hall–Kier alpha value is -3.84. The van der Waals surface area contributed by atoms with Crippen LogP contribution in [0.3, 0.4) is 0 Å². The van der Waals surface area contributed by atoms with Gasteiger partial charge in [0.05, 0.1) is 5.69 Å². The molecule has 2 amide bonds. The number of hydrogen-bond acceptors (Lipinski definition) is 4. The monoisotopic (exact) mass is 432 g/mol. The van der Waals surface area contributed by atoms with Crippen LogP contribution in [0.1, 0.15) is 11.1 Å². The van der Waals surface area contributed by atoms with Gasteiger partial charge in [0.2, 0.25) is 0 Å². The average Bonchev–Trinajstić information content (AvgIpc) is 2.76. The van der Waals surface area contributed by atoms with E-state index in [9.17, 15) is 14.0 Å². The first-order chi connectivity index (χ1) is 15.0. The number of carbonyl (C=O) groups excluding carboxylic acids is 2. The lowest BCUT2D eigenvalue weighted by atomic mass is 10.1. The maximum atomic E-state index is 13.3. The molecule has 1 fully saturated rings. The third-order valence-corrected chi connectivity index (χ3v) is 4.86. The number of hydrogen-bond donors (Lipinski definition) is 1. The molecule has 1 aliphatic rings. The quantitative estimate of drug-likeness (QED) is 0.372. The minimum atomic E-state index is -0.562. The van der Waals surface area contributed by atoms with E-state index < -0.39 is 11.8 Å². The standard InChI is InChI=1S/C24H17FN2O3S/c25-18-8-4-7-17(12-18)15-30-20-11-5-6-16(13-20)14-21-22(28)26-24(31)27(23(21)29)19-9-2-1-3-10-19/h1-14H,15H2,(H,26,28,31)/b21-14-. The highest BCUT2D eigenvalue weighted by atomic mass is 32.1. The first kappa shape index (κ1) is 20.4. The van der Waals surface area contributed by atoms with Crippen LogP contribution in [0.4, 0.5) is 10.1 Å². The largest absolute Gasteiger partial charge is 0.489 e. The van der Waals surface area contributed by atoms with Crippen molar-refractivity contribution in [1.29, 1.82) is 0 Å². The Labute approximate surface area is 183 Å². The zero-order chi connectivity index (χ0) is 21.8. The highest BCUT2D eigenvalue weighted by Crippen LogP contribution is 2.23. The smallest absolute Gasteiger partial charge is 0.270 e. The molecule has 0 spiro atoms. The predicted molar refractivity (Wildman–Crippen MR) is 120 cm³/mol. The summed E-state index contributed by atoms with van der Waals surface area (Å²) in [5, 5.41) is 2.59. The minimum absolute atomic E-state index is 0.0329. The molecule has 1 aliphatic heterocycles. The van der Waals surface area contributed by atoms with Crippen LogP contribution in [-0.4, -0.2) is 16.9 Å². The second kappa shape index (κ2) is 8.89. The number of halogens is 1. The van der Waals surface area contributed by atoms with E-state index in [1.165, 1.54) is 23.1 Å². The van der Waals surface area contributed by atoms with E-state index in [2.05, 4.69) is 5.32 Å². The van der Waals surface area contributed by atoms with Crippen LogP contribution in [0.25, 0.3) is 6.08 Å². The Morgan fingerprint density at radius 3 is 2.52 bits per heavy atom. The molecule has 0 saturated carbocycles. The second-order valence-electron chi connectivity index (χ2n) is 6.78. The van der Waals surface area contributed by atoms with Gasteiger partial charge in [-0.15, -0.1) is 0 Å². The molecule has 0 radical (unpaired) electrons. The minimum Gasteiger partial charge on any atom is -0.489 e. The summed E-state index contributed by atoms with van der Waals surface area (Å²) in [6.45, 7) is 0.188. The normalized spacial score (nSPS) is 15.2. The summed E-state index contributed by atoms with van der Waals surface area (Å²) < 4.78 is 19.1. The number of carbonyl (C=O) groups is 2. The summed E-state index contributed by atoms with van der Waals surface area (Å²) in [4.78, 5) is 26.7. The van der Waals surface area contributed by atoms with Crippen LogP contribution < -0.4 is 15.0 Å². The van der Waals surface area contributed by atoms with E-state index in [1.807, 2.05) is 6.07 Å². The van der Waals surface area contributed by atoms with Crippen molar-refractivity contribution in [2.45, 2.75) is 6.61 Å². The molecule has 3 aromatic rings. The number of thiocarbonyl (C=S) groups is 1. The van der Waals surface area contributed by atoms with Crippen LogP contribution in [-0.2, 0) is 16.2 Å². The zero-order valence-corrected chi connectivity index (χ0v) is 17.1. The molecule has 31 heavy (non-hydrogen) atoms. The lowest BCUT2D eigenvalue weighted by Crippen LogP contribution is -2.54. The first-order valence-electron chi connectivity index (χ1n) is 9.45. The lowest BCUT2D eigenvalue weighted by molar-refractivity contribution is -0.122. The van der Waals surface area contributed by atoms with E-state index >= 15 is 0 Å². The van der Waals surface area contributed by atoms with Gasteiger partial charge in [0.25, 0.3) is 11.8 Å². The summed E-state index contributed by atoms with van der Waals surface area (Å²) in [5.74, 6) is -0.876. The summed E-state index contributed by atoms with van der Waals surface area (Å²) >= 11 is 5.19. The van der Waals surface area contributed by atoms with Crippen molar-refractivity contribution in [3.8, 4) is 5.75 Å². The van der Waals surface area contributed by atoms with Gasteiger partial charge in [-0.2, -0.15) is 0 Å². The van der Waals surface area contributed by atoms with Gasteiger partial charge in [-0.3, -0.25) is 19.8 Å². The topological polar surface area (TPSA) is 58.6 Å². The van der Waals surface area contributed by atoms with Crippen LogP contribution in [0.5, 0.6) is 5.75 Å². The van der Waals surface area contributed by atoms with Gasteiger partial charge in [-0.25, -0.2) is 4.39 Å². The Morgan fingerprint density at radius 2 is 1.74 bits per heavy atom. The fourth-order valence-electron chi connectivity index (χ4n) is 3.12. The lowest BCUT2D eigenvalue weighted by Gasteiger charge is -2.28. The molecule has 0 atom stereocenters. The highest BCUT2D eigenvalue weighted by molar-refractivity contribution is 7.80. The van der Waals surface area contributed by atoms with Crippen molar-refractivity contribution < 1.29 is 18.7 Å². The second-order valence-corrected chi connectivity index (χ2v) is 7.17. The van der Waals surface area contributed by atoms with Crippen molar-refractivity contribution in [3.05, 3.63) is 101 Å². The van der Waals surface area contributed by atoms with Gasteiger partial charge in [0.15, 0.2) is 5.11 Å². The Morgan fingerprint density at radius 1 is 0.968 bits per heavy atom. The third kappa shape index (κ3) is 4.67. The number of benzene rings is 3. The van der Waals surface area contributed by atoms with Crippen LogP contribution >= 0.6 is 12.2 Å². The van der Waals surface area contributed by atoms with E-state index in [0.717, 1.165) is 0 Å². The molecule has 5 nitrogen and oxygen atoms in total. The van der Waals surface area contributed by atoms with E-state index in [0.29, 0.717) is 22.6 Å². The Kier molecular flexibility index (Phi) is 5.86. The van der Waals surface area contributed by atoms with Crippen LogP contribution in [0.2, 0.25) is 0 Å². The molecule has 0 unspecified atom stereocenters. The summed E-state index contributed by atoms with van der Waals surface area (Å²) in [6, 6.07) is 22.0. The van der Waals surface area contributed by atoms with Crippen LogP contribution in [0, 0.1) is 5.82 Å². The molecular weight excluding hydrogens is 415 g/mol. The number of para-hydroxylation sites is 1. The SMILES string of the molecule is O=C1NC(=S)N(c2ccccc2)C(=O)/C1=C\c1cccc(OCc2cccc(F)c2)c1. The zero-order valence-electron chi connectivity index (χ0n) is 16.2. The number of nitrogens with zero attached hydrogens (tertiary/aromatic N) is 1. The number of rotatable bonds is 5. The van der Waals surface area contributed by atoms with Gasteiger partial charge in [0.1, 0.15) is 23.7 Å². The van der Waals surface area contributed by atoms with Crippen molar-refractivity contribution in [1.82, 2.24) is 5.32 Å². The average molecular weight is 432 g/mol. The molecule has 1 N–H and O–H groups in total. The molecule has 1 saturated heterocycles. The van der Waals surface area contributed by atoms with Gasteiger partial charge in [-0.05, 0) is 65.8 Å². The molecule has 7 heteroatoms. The van der Waals surface area contributed by atoms with E-state index in [-0.39, 0.29) is 23.1 Å². The molecule has 154 valence electrons. The van der Waals surface area contributed by atoms with Crippen molar-refractivity contribution in [3.63, 3.8) is 0 Å². The van der Waals surface area contributed by atoms with Gasteiger partial charge < -0.3 is 4.74 Å². The predicted octanol–water partition coefficient (Wildman–Crippen LogP) is 4.24. The summed E-state index contributed by atoms with van der Waals surface area (Å²) in [6.07, 6.45) is 1.49. The van der Waals surface area contributed by atoms with Crippen LogP contribution in [0.15, 0.2) is 84.4 Å². The number of ether oxygens (including phenoxy) is 1. The van der Waals surface area contributed by atoms with E-state index in [1.54, 1.807) is 60.7 Å². The highest BCUT2D eigenvalue weighted by Gasteiger charge is 2.34. The van der Waals surface area contributed by atoms with Gasteiger partial charge >= 0.3 is 0 Å². The number of anilines is 1. The fourth-order valence-corrected chi connectivity index (χ4v) is 3.40. The molecule has 1 heterocycles. The first-order valence-corrected chi connectivity index (χ1v) is 9.86. The molecular formula is C24H17FN2O3S. The number of nitrogens with one attached hydrogen (secondary N) is 1. The Bertz CT molecular complexity index is 1190. The van der Waals surface area contributed by atoms with Crippen molar-refractivity contribution in [2.24, 2.45) is 0 Å². The summed E-state index contributed by atoms with van der Waals surface area (Å²) in [7, 11) is 0. The maximum absolute atomic E-state index is 13.3. The van der Waals surface area contributed by atoms with Crippen molar-refractivity contribution in [2.75, 3.05) is 4.90 Å². The van der Waals surface area contributed by atoms with E-state index in [4.69, 9.17) is 17.0 Å². The molecule has 3 aromatic carbocycles. The molecule has 4 rings (SSSR count). The Balaban J connectivity index is 1.57. The molecule has 0 bridgehead atoms. The van der Waals surface area contributed by atoms with Gasteiger partial charge in [-0.1, -0.05) is 42.5 Å².